The maximum atomic E-state index is 13.0. The van der Waals surface area contributed by atoms with E-state index in [1.165, 1.54) is 6.92 Å². The molecule has 2 aromatic rings. The molecular formula is C13H10Cl2F5N5OS. The fourth-order valence-corrected chi connectivity index (χ4v) is 3.69. The SMILES string of the molecule is CC(C(N)=O)c1c(C#N)nn(-c2c(Cl)cc(S(F)(F)(F)(F)F)cc2Cl)c1N. The minimum atomic E-state index is -10.0. The minimum absolute atomic E-state index is 0.0192. The molecule has 0 saturated carbocycles. The number of rotatable bonds is 4. The van der Waals surface area contributed by atoms with Crippen LogP contribution in [0.2, 0.25) is 10.0 Å². The molecule has 0 aliphatic heterocycles. The molecule has 0 fully saturated rings. The zero-order valence-electron chi connectivity index (χ0n) is 13.2. The lowest BCUT2D eigenvalue weighted by molar-refractivity contribution is -0.119. The molecule has 0 bridgehead atoms. The highest BCUT2D eigenvalue weighted by Crippen LogP contribution is 3.02. The number of hydrogen-bond donors (Lipinski definition) is 2. The van der Waals surface area contributed by atoms with Crippen LogP contribution in [0.1, 0.15) is 24.1 Å². The molecule has 0 aliphatic rings. The van der Waals surface area contributed by atoms with Crippen LogP contribution in [0.4, 0.5) is 25.2 Å². The first kappa shape index (κ1) is 21.1. The summed E-state index contributed by atoms with van der Waals surface area (Å²) in [7, 11) is -10.0. The van der Waals surface area contributed by atoms with Gasteiger partial charge in [0.15, 0.2) is 5.69 Å². The van der Waals surface area contributed by atoms with E-state index < -0.39 is 42.7 Å². The number of amides is 1. The number of nitrogens with two attached hydrogens (primary N) is 2. The van der Waals surface area contributed by atoms with E-state index in [0.717, 1.165) is 0 Å². The Morgan fingerprint density at radius 1 is 1.26 bits per heavy atom. The van der Waals surface area contributed by atoms with E-state index in [9.17, 15) is 24.2 Å². The number of halogens is 7. The molecule has 0 aliphatic carbocycles. The first-order valence-corrected chi connectivity index (χ1v) is 9.50. The van der Waals surface area contributed by atoms with Crippen molar-refractivity contribution in [3.05, 3.63) is 33.4 Å². The predicted molar refractivity (Wildman–Crippen MR) is 91.7 cm³/mol. The highest BCUT2D eigenvalue weighted by molar-refractivity contribution is 8.45. The van der Waals surface area contributed by atoms with Gasteiger partial charge in [0.05, 0.1) is 16.0 Å². The van der Waals surface area contributed by atoms with Gasteiger partial charge < -0.3 is 11.5 Å². The van der Waals surface area contributed by atoms with Gasteiger partial charge in [-0.25, -0.2) is 4.68 Å². The summed E-state index contributed by atoms with van der Waals surface area (Å²) in [6, 6.07) is 1.61. The number of primary amides is 1. The standard InChI is InChI=1S/C13H10Cl2F5N5OS/c1-5(13(23)26)10-9(4-21)24-25(12(10)22)11-7(14)2-6(3-8(11)15)27(16,17,18,19)20/h2-3,5H,22H2,1H3,(H2,23,26). The van der Waals surface area contributed by atoms with Gasteiger partial charge in [0.2, 0.25) is 5.91 Å². The van der Waals surface area contributed by atoms with E-state index >= 15 is 0 Å². The van der Waals surface area contributed by atoms with Crippen LogP contribution >= 0.6 is 33.4 Å². The van der Waals surface area contributed by atoms with E-state index in [4.69, 9.17) is 39.9 Å². The number of benzene rings is 1. The van der Waals surface area contributed by atoms with Crippen LogP contribution < -0.4 is 11.5 Å². The van der Waals surface area contributed by atoms with Crippen molar-refractivity contribution < 1.29 is 24.2 Å². The second-order valence-electron chi connectivity index (χ2n) is 5.50. The largest absolute Gasteiger partial charge is 0.383 e. The van der Waals surface area contributed by atoms with Crippen LogP contribution in [0.3, 0.4) is 0 Å². The maximum absolute atomic E-state index is 13.0. The molecule has 148 valence electrons. The Morgan fingerprint density at radius 2 is 1.74 bits per heavy atom. The molecule has 1 unspecified atom stereocenters. The zero-order valence-corrected chi connectivity index (χ0v) is 15.5. The lowest BCUT2D eigenvalue weighted by Crippen LogP contribution is -2.20. The van der Waals surface area contributed by atoms with Gasteiger partial charge in [-0.1, -0.05) is 42.6 Å². The van der Waals surface area contributed by atoms with E-state index in [1.54, 1.807) is 6.07 Å². The van der Waals surface area contributed by atoms with Crippen LogP contribution in [0.15, 0.2) is 17.0 Å². The van der Waals surface area contributed by atoms with Gasteiger partial charge in [0.1, 0.15) is 22.5 Å². The van der Waals surface area contributed by atoms with Crippen molar-refractivity contribution in [2.24, 2.45) is 5.73 Å². The fourth-order valence-electron chi connectivity index (χ4n) is 2.23. The summed E-state index contributed by atoms with van der Waals surface area (Å²) in [5.74, 6) is -2.29. The lowest BCUT2D eigenvalue weighted by Gasteiger charge is -2.40. The molecule has 1 atom stereocenters. The van der Waals surface area contributed by atoms with Gasteiger partial charge in [-0.2, -0.15) is 10.4 Å². The number of carbonyl (C=O) groups is 1. The Morgan fingerprint density at radius 3 is 2.11 bits per heavy atom. The molecule has 4 N–H and O–H groups in total. The Bertz CT molecular complexity index is 993. The van der Waals surface area contributed by atoms with Crippen molar-refractivity contribution in [2.75, 3.05) is 5.73 Å². The number of nitrogen functional groups attached to an aromatic ring is 1. The third kappa shape index (κ3) is 3.90. The molecule has 1 aromatic heterocycles. The van der Waals surface area contributed by atoms with E-state index in [-0.39, 0.29) is 29.2 Å². The van der Waals surface area contributed by atoms with Gasteiger partial charge in [-0.15, -0.1) is 0 Å². The predicted octanol–water partition coefficient (Wildman–Crippen LogP) is 4.88. The van der Waals surface area contributed by atoms with Crippen LogP contribution in [0.25, 0.3) is 5.69 Å². The number of nitrogens with zero attached hydrogens (tertiary/aromatic N) is 3. The molecule has 1 amide bonds. The van der Waals surface area contributed by atoms with Crippen LogP contribution in [-0.4, -0.2) is 15.7 Å². The first-order chi connectivity index (χ1) is 12.0. The lowest BCUT2D eigenvalue weighted by atomic mass is 10.0. The second-order valence-corrected chi connectivity index (χ2v) is 8.72. The maximum Gasteiger partial charge on any atom is 0.310 e. The molecule has 14 heteroatoms. The molecule has 0 spiro atoms. The summed E-state index contributed by atoms with van der Waals surface area (Å²) in [6.45, 7) is 1.32. The molecule has 0 radical (unpaired) electrons. The molecule has 1 heterocycles. The monoisotopic (exact) mass is 449 g/mol. The summed E-state index contributed by atoms with van der Waals surface area (Å²) >= 11 is 11.5. The summed E-state index contributed by atoms with van der Waals surface area (Å²) in [5.41, 5.74) is 10.1. The van der Waals surface area contributed by atoms with Crippen molar-refractivity contribution >= 4 is 45.2 Å². The normalized spacial score (nSPS) is 15.5. The second kappa shape index (κ2) is 5.63. The van der Waals surface area contributed by atoms with Gasteiger partial charge in [-0.05, 0) is 19.1 Å². The van der Waals surface area contributed by atoms with Crippen molar-refractivity contribution in [2.45, 2.75) is 17.7 Å². The Kier molecular flexibility index (Phi) is 4.40. The van der Waals surface area contributed by atoms with Crippen molar-refractivity contribution in [1.82, 2.24) is 9.78 Å². The summed E-state index contributed by atoms with van der Waals surface area (Å²) in [6.07, 6.45) is 0. The summed E-state index contributed by atoms with van der Waals surface area (Å²) in [4.78, 5) is 9.09. The minimum Gasteiger partial charge on any atom is -0.383 e. The third-order valence-corrected chi connectivity index (χ3v) is 5.28. The number of nitriles is 1. The summed E-state index contributed by atoms with van der Waals surface area (Å²) in [5, 5.41) is 11.2. The first-order valence-electron chi connectivity index (χ1n) is 6.79. The Balaban J connectivity index is 2.79. The molecule has 27 heavy (non-hydrogen) atoms. The molecular weight excluding hydrogens is 440 g/mol. The average Bonchev–Trinajstić information content (AvgIpc) is 2.80. The van der Waals surface area contributed by atoms with E-state index in [1.807, 2.05) is 0 Å². The van der Waals surface area contributed by atoms with Gasteiger partial charge in [0.25, 0.3) is 0 Å². The highest BCUT2D eigenvalue weighted by Gasteiger charge is 2.65. The number of anilines is 1. The molecule has 1 aromatic carbocycles. The third-order valence-electron chi connectivity index (χ3n) is 3.57. The van der Waals surface area contributed by atoms with Crippen molar-refractivity contribution in [3.8, 4) is 11.8 Å². The van der Waals surface area contributed by atoms with E-state index in [2.05, 4.69) is 5.10 Å². The summed E-state index contributed by atoms with van der Waals surface area (Å²) < 4.78 is 65.6. The molecule has 0 saturated heterocycles. The van der Waals surface area contributed by atoms with Crippen molar-refractivity contribution in [1.29, 1.82) is 5.26 Å². The van der Waals surface area contributed by atoms with Gasteiger partial charge in [-0.3, -0.25) is 4.79 Å². The Labute approximate surface area is 159 Å². The Hall–Kier alpha value is -2.23. The highest BCUT2D eigenvalue weighted by atomic mass is 35.5. The van der Waals surface area contributed by atoms with Crippen LogP contribution in [0, 0.1) is 11.3 Å². The van der Waals surface area contributed by atoms with E-state index in [0.29, 0.717) is 4.68 Å². The smallest absolute Gasteiger partial charge is 0.310 e. The number of carbonyl (C=O) groups excluding carboxylic acids is 1. The fraction of sp³-hybridized carbons (Fsp3) is 0.154. The zero-order chi connectivity index (χ0) is 21.0. The van der Waals surface area contributed by atoms with Gasteiger partial charge in [0, 0.05) is 5.56 Å². The van der Waals surface area contributed by atoms with Crippen molar-refractivity contribution in [3.63, 3.8) is 0 Å². The van der Waals surface area contributed by atoms with Crippen LogP contribution in [0.5, 0.6) is 0 Å². The number of aromatic nitrogens is 2. The topological polar surface area (TPSA) is 111 Å². The molecule has 2 rings (SSSR count). The number of hydrogen-bond acceptors (Lipinski definition) is 4. The quantitative estimate of drug-likeness (QED) is 0.647. The molecule has 6 nitrogen and oxygen atoms in total. The van der Waals surface area contributed by atoms with Gasteiger partial charge >= 0.3 is 10.2 Å². The van der Waals surface area contributed by atoms with Crippen LogP contribution in [-0.2, 0) is 4.79 Å². The average molecular weight is 450 g/mol.